The molecule has 1 atom stereocenters. The van der Waals surface area contributed by atoms with Crippen molar-refractivity contribution >= 4 is 0 Å². The monoisotopic (exact) mass is 100 g/mol. The molecular weight excluding hydrogens is 88.1 g/mol. The van der Waals surface area contributed by atoms with Crippen LogP contribution >= 0.6 is 0 Å². The average Bonchev–Trinajstić information content (AvgIpc) is 1.68. The lowest BCUT2D eigenvalue weighted by Gasteiger charge is -1.97. The third-order valence-corrected chi connectivity index (χ3v) is 0.857. The van der Waals surface area contributed by atoms with Crippen molar-refractivity contribution in [3.63, 3.8) is 0 Å². The van der Waals surface area contributed by atoms with Crippen molar-refractivity contribution in [2.24, 2.45) is 0 Å². The van der Waals surface area contributed by atoms with Crippen LogP contribution in [0.5, 0.6) is 0 Å². The molecule has 0 radical (unpaired) electrons. The molecular formula is C6H12O. The minimum absolute atomic E-state index is 0.287. The first-order valence-corrected chi connectivity index (χ1v) is 2.62. The minimum Gasteiger partial charge on any atom is -0.389 e. The van der Waals surface area contributed by atoms with Crippen LogP contribution in [0.25, 0.3) is 0 Å². The fourth-order valence-corrected chi connectivity index (χ4v) is 0.414. The predicted molar refractivity (Wildman–Crippen MR) is 31.1 cm³/mol. The van der Waals surface area contributed by atoms with E-state index in [0.29, 0.717) is 0 Å². The zero-order chi connectivity index (χ0) is 5.70. The second-order valence-corrected chi connectivity index (χ2v) is 1.59. The maximum Gasteiger partial charge on any atom is 0.0718 e. The van der Waals surface area contributed by atoms with Gasteiger partial charge in [0.05, 0.1) is 6.10 Å². The molecule has 0 saturated carbocycles. The molecule has 42 valence electrons. The molecule has 1 nitrogen and oxygen atoms in total. The van der Waals surface area contributed by atoms with E-state index in [4.69, 9.17) is 5.11 Å². The highest BCUT2D eigenvalue weighted by Crippen LogP contribution is 1.94. The van der Waals surface area contributed by atoms with Crippen LogP contribution in [0, 0.1) is 0 Å². The van der Waals surface area contributed by atoms with E-state index in [1.54, 1.807) is 6.08 Å². The van der Waals surface area contributed by atoms with Crippen LogP contribution in [0.3, 0.4) is 0 Å². The van der Waals surface area contributed by atoms with Gasteiger partial charge in [-0.05, 0) is 6.42 Å². The Bertz CT molecular complexity index is 50.1. The first kappa shape index (κ1) is 6.70. The van der Waals surface area contributed by atoms with Gasteiger partial charge in [0.25, 0.3) is 0 Å². The van der Waals surface area contributed by atoms with E-state index in [-0.39, 0.29) is 6.10 Å². The number of rotatable bonds is 3. The SMILES string of the molecule is C=C[C@@H](O)CCC. The molecule has 0 spiro atoms. The molecule has 0 aliphatic rings. The lowest BCUT2D eigenvalue weighted by molar-refractivity contribution is 0.212. The van der Waals surface area contributed by atoms with E-state index in [1.165, 1.54) is 0 Å². The van der Waals surface area contributed by atoms with Gasteiger partial charge in [-0.2, -0.15) is 0 Å². The normalized spacial score (nSPS) is 13.4. The molecule has 0 fully saturated rings. The fourth-order valence-electron chi connectivity index (χ4n) is 0.414. The van der Waals surface area contributed by atoms with Crippen molar-refractivity contribution in [2.45, 2.75) is 25.9 Å². The van der Waals surface area contributed by atoms with Crippen LogP contribution in [0.4, 0.5) is 0 Å². The Balaban J connectivity index is 2.98. The van der Waals surface area contributed by atoms with Gasteiger partial charge >= 0.3 is 0 Å². The molecule has 1 N–H and O–H groups in total. The Labute approximate surface area is 44.7 Å². The van der Waals surface area contributed by atoms with E-state index in [9.17, 15) is 0 Å². The van der Waals surface area contributed by atoms with Crippen molar-refractivity contribution in [1.82, 2.24) is 0 Å². The summed E-state index contributed by atoms with van der Waals surface area (Å²) in [5.74, 6) is 0. The summed E-state index contributed by atoms with van der Waals surface area (Å²) in [6.45, 7) is 5.46. The molecule has 0 aliphatic carbocycles. The van der Waals surface area contributed by atoms with Gasteiger partial charge in [0.1, 0.15) is 0 Å². The Hall–Kier alpha value is -0.300. The topological polar surface area (TPSA) is 20.2 Å². The highest BCUT2D eigenvalue weighted by molar-refractivity contribution is 4.76. The summed E-state index contributed by atoms with van der Waals surface area (Å²) in [5.41, 5.74) is 0. The van der Waals surface area contributed by atoms with Crippen LogP contribution in [0.2, 0.25) is 0 Å². The molecule has 0 rings (SSSR count). The Morgan fingerprint density at radius 2 is 2.43 bits per heavy atom. The van der Waals surface area contributed by atoms with Gasteiger partial charge in [-0.1, -0.05) is 19.4 Å². The summed E-state index contributed by atoms with van der Waals surface area (Å²) in [4.78, 5) is 0. The molecule has 0 amide bonds. The zero-order valence-corrected chi connectivity index (χ0v) is 4.72. The highest BCUT2D eigenvalue weighted by Gasteiger charge is 1.90. The van der Waals surface area contributed by atoms with Crippen molar-refractivity contribution < 1.29 is 5.11 Å². The van der Waals surface area contributed by atoms with Gasteiger partial charge in [0, 0.05) is 0 Å². The van der Waals surface area contributed by atoms with Gasteiger partial charge in [-0.3, -0.25) is 0 Å². The van der Waals surface area contributed by atoms with Crippen molar-refractivity contribution in [3.8, 4) is 0 Å². The lowest BCUT2D eigenvalue weighted by atomic mass is 10.2. The smallest absolute Gasteiger partial charge is 0.0718 e. The maximum atomic E-state index is 8.74. The third-order valence-electron chi connectivity index (χ3n) is 0.857. The van der Waals surface area contributed by atoms with E-state index in [2.05, 4.69) is 6.58 Å². The largest absolute Gasteiger partial charge is 0.389 e. The Kier molecular flexibility index (Phi) is 3.71. The van der Waals surface area contributed by atoms with Crippen LogP contribution in [-0.2, 0) is 0 Å². The average molecular weight is 100 g/mol. The third kappa shape index (κ3) is 3.53. The van der Waals surface area contributed by atoms with Gasteiger partial charge in [0.2, 0.25) is 0 Å². The van der Waals surface area contributed by atoms with Crippen molar-refractivity contribution in [1.29, 1.82) is 0 Å². The first-order valence-electron chi connectivity index (χ1n) is 2.62. The molecule has 0 aromatic carbocycles. The van der Waals surface area contributed by atoms with Crippen molar-refractivity contribution in [2.75, 3.05) is 0 Å². The van der Waals surface area contributed by atoms with Gasteiger partial charge in [-0.25, -0.2) is 0 Å². The van der Waals surface area contributed by atoms with E-state index >= 15 is 0 Å². The molecule has 0 bridgehead atoms. The summed E-state index contributed by atoms with van der Waals surface area (Å²) in [5, 5.41) is 8.74. The predicted octanol–water partition coefficient (Wildman–Crippen LogP) is 1.33. The molecule has 0 saturated heterocycles. The molecule has 0 aliphatic heterocycles. The summed E-state index contributed by atoms with van der Waals surface area (Å²) in [6, 6.07) is 0. The summed E-state index contributed by atoms with van der Waals surface area (Å²) < 4.78 is 0. The summed E-state index contributed by atoms with van der Waals surface area (Å²) in [6.07, 6.45) is 3.13. The summed E-state index contributed by atoms with van der Waals surface area (Å²) in [7, 11) is 0. The second kappa shape index (κ2) is 3.88. The van der Waals surface area contributed by atoms with E-state index < -0.39 is 0 Å². The molecule has 0 aromatic heterocycles. The Morgan fingerprint density at radius 1 is 1.86 bits per heavy atom. The number of aliphatic hydroxyl groups excluding tert-OH is 1. The quantitative estimate of drug-likeness (QED) is 0.530. The zero-order valence-electron chi connectivity index (χ0n) is 4.72. The van der Waals surface area contributed by atoms with Gasteiger partial charge < -0.3 is 5.11 Å². The standard InChI is InChI=1S/C6H12O/c1-3-5-6(7)4-2/h4,6-7H,2-3,5H2,1H3/t6-/m1/s1. The van der Waals surface area contributed by atoms with Crippen molar-refractivity contribution in [3.05, 3.63) is 12.7 Å². The molecule has 0 heterocycles. The molecule has 1 heteroatoms. The van der Waals surface area contributed by atoms with Gasteiger partial charge in [0.15, 0.2) is 0 Å². The van der Waals surface area contributed by atoms with Crippen LogP contribution < -0.4 is 0 Å². The van der Waals surface area contributed by atoms with Crippen LogP contribution in [0.1, 0.15) is 19.8 Å². The molecule has 0 unspecified atom stereocenters. The summed E-state index contributed by atoms with van der Waals surface area (Å²) >= 11 is 0. The minimum atomic E-state index is -0.287. The van der Waals surface area contributed by atoms with E-state index in [1.807, 2.05) is 6.92 Å². The molecule has 0 aromatic rings. The number of hydrogen-bond acceptors (Lipinski definition) is 1. The highest BCUT2D eigenvalue weighted by atomic mass is 16.3. The van der Waals surface area contributed by atoms with Crippen LogP contribution in [-0.4, -0.2) is 11.2 Å². The van der Waals surface area contributed by atoms with Crippen LogP contribution in [0.15, 0.2) is 12.7 Å². The maximum absolute atomic E-state index is 8.74. The number of hydrogen-bond donors (Lipinski definition) is 1. The second-order valence-electron chi connectivity index (χ2n) is 1.59. The lowest BCUT2D eigenvalue weighted by Crippen LogP contribution is -1.98. The van der Waals surface area contributed by atoms with Gasteiger partial charge in [-0.15, -0.1) is 6.58 Å². The van der Waals surface area contributed by atoms with E-state index in [0.717, 1.165) is 12.8 Å². The Morgan fingerprint density at radius 3 is 2.57 bits per heavy atom. The first-order chi connectivity index (χ1) is 3.31. The molecule has 7 heavy (non-hydrogen) atoms. The fraction of sp³-hybridized carbons (Fsp3) is 0.667. The number of aliphatic hydroxyl groups is 1.